The maximum Gasteiger partial charge on any atom is 0.344 e. The molecule has 1 aromatic carbocycles. The summed E-state index contributed by atoms with van der Waals surface area (Å²) in [7, 11) is 2.14. The SMILES string of the molecule is COC(=O)c1cc([N+](=O)[O-])c(C(=O)OC)cc1NC(C)=O. The van der Waals surface area contributed by atoms with Crippen molar-refractivity contribution in [2.75, 3.05) is 19.5 Å². The lowest BCUT2D eigenvalue weighted by atomic mass is 10.1. The minimum Gasteiger partial charge on any atom is -0.465 e. The van der Waals surface area contributed by atoms with Crippen molar-refractivity contribution < 1.29 is 28.8 Å². The summed E-state index contributed by atoms with van der Waals surface area (Å²) < 4.78 is 8.93. The van der Waals surface area contributed by atoms with Gasteiger partial charge in [-0.3, -0.25) is 14.9 Å². The van der Waals surface area contributed by atoms with E-state index >= 15 is 0 Å². The Morgan fingerprint density at radius 2 is 1.62 bits per heavy atom. The number of ether oxygens (including phenoxy) is 2. The van der Waals surface area contributed by atoms with Crippen molar-refractivity contribution in [2.45, 2.75) is 6.92 Å². The summed E-state index contributed by atoms with van der Waals surface area (Å²) in [6, 6.07) is 1.85. The Morgan fingerprint density at radius 3 is 2.05 bits per heavy atom. The van der Waals surface area contributed by atoms with Crippen LogP contribution in [0.2, 0.25) is 0 Å². The van der Waals surface area contributed by atoms with Crippen molar-refractivity contribution >= 4 is 29.2 Å². The molecule has 0 saturated carbocycles. The van der Waals surface area contributed by atoms with E-state index in [1.54, 1.807) is 0 Å². The van der Waals surface area contributed by atoms with E-state index in [4.69, 9.17) is 0 Å². The van der Waals surface area contributed by atoms with E-state index < -0.39 is 28.5 Å². The average Bonchev–Trinajstić information content (AvgIpc) is 2.44. The fourth-order valence-electron chi connectivity index (χ4n) is 1.58. The average molecular weight is 296 g/mol. The first-order valence-corrected chi connectivity index (χ1v) is 5.58. The molecule has 1 rings (SSSR count). The lowest BCUT2D eigenvalue weighted by molar-refractivity contribution is -0.385. The van der Waals surface area contributed by atoms with Crippen LogP contribution < -0.4 is 5.32 Å². The maximum atomic E-state index is 11.6. The summed E-state index contributed by atoms with van der Waals surface area (Å²) in [6.45, 7) is 1.18. The van der Waals surface area contributed by atoms with Crippen molar-refractivity contribution in [3.05, 3.63) is 33.4 Å². The molecule has 0 radical (unpaired) electrons. The Hall–Kier alpha value is -2.97. The summed E-state index contributed by atoms with van der Waals surface area (Å²) in [5.41, 5.74) is -1.34. The van der Waals surface area contributed by atoms with Crippen molar-refractivity contribution in [3.63, 3.8) is 0 Å². The highest BCUT2D eigenvalue weighted by Gasteiger charge is 2.27. The largest absolute Gasteiger partial charge is 0.465 e. The highest BCUT2D eigenvalue weighted by molar-refractivity contribution is 6.05. The molecule has 0 unspecified atom stereocenters. The van der Waals surface area contributed by atoms with Gasteiger partial charge in [-0.1, -0.05) is 0 Å². The van der Waals surface area contributed by atoms with Gasteiger partial charge in [0.05, 0.1) is 30.4 Å². The van der Waals surface area contributed by atoms with Gasteiger partial charge in [0.15, 0.2) is 0 Å². The molecule has 9 nitrogen and oxygen atoms in total. The normalized spacial score (nSPS) is 9.67. The number of nitrogens with one attached hydrogen (secondary N) is 1. The zero-order valence-corrected chi connectivity index (χ0v) is 11.5. The minimum atomic E-state index is -0.968. The van der Waals surface area contributed by atoms with Gasteiger partial charge >= 0.3 is 11.9 Å². The number of hydrogen-bond acceptors (Lipinski definition) is 7. The molecule has 0 fully saturated rings. The second-order valence-corrected chi connectivity index (χ2v) is 3.84. The second-order valence-electron chi connectivity index (χ2n) is 3.84. The lowest BCUT2D eigenvalue weighted by Gasteiger charge is -2.10. The number of rotatable bonds is 4. The van der Waals surface area contributed by atoms with E-state index in [2.05, 4.69) is 14.8 Å². The van der Waals surface area contributed by atoms with Gasteiger partial charge in [0.25, 0.3) is 5.69 Å². The Kier molecular flexibility index (Phi) is 4.95. The van der Waals surface area contributed by atoms with Crippen LogP contribution in [-0.4, -0.2) is 37.0 Å². The number of nitrogens with zero attached hydrogens (tertiary/aromatic N) is 1. The molecule has 0 atom stereocenters. The van der Waals surface area contributed by atoms with Crippen LogP contribution in [0, 0.1) is 10.1 Å². The van der Waals surface area contributed by atoms with E-state index in [0.717, 1.165) is 26.4 Å². The van der Waals surface area contributed by atoms with E-state index in [9.17, 15) is 24.5 Å². The molecule has 0 aliphatic rings. The van der Waals surface area contributed by atoms with E-state index in [-0.39, 0.29) is 16.8 Å². The smallest absolute Gasteiger partial charge is 0.344 e. The number of esters is 2. The van der Waals surface area contributed by atoms with Crippen LogP contribution in [0.4, 0.5) is 11.4 Å². The van der Waals surface area contributed by atoms with Gasteiger partial charge in [0, 0.05) is 13.0 Å². The maximum absolute atomic E-state index is 11.6. The standard InChI is InChI=1S/C12H12N2O7/c1-6(15)13-9-4-8(12(17)21-3)10(14(18)19)5-7(9)11(16)20-2/h4-5H,1-3H3,(H,13,15). The summed E-state index contributed by atoms with van der Waals surface area (Å²) >= 11 is 0. The van der Waals surface area contributed by atoms with Gasteiger partial charge in [-0.2, -0.15) is 0 Å². The molecular formula is C12H12N2O7. The summed E-state index contributed by atoms with van der Waals surface area (Å²) in [5, 5.41) is 13.3. The lowest BCUT2D eigenvalue weighted by Crippen LogP contribution is -2.15. The Morgan fingerprint density at radius 1 is 1.10 bits per heavy atom. The van der Waals surface area contributed by atoms with Gasteiger partial charge in [0.1, 0.15) is 5.56 Å². The predicted octanol–water partition coefficient (Wildman–Crippen LogP) is 1.13. The number of anilines is 1. The van der Waals surface area contributed by atoms with Crippen molar-refractivity contribution in [3.8, 4) is 0 Å². The topological polar surface area (TPSA) is 125 Å². The molecule has 9 heteroatoms. The summed E-state index contributed by atoms with van der Waals surface area (Å²) in [6.07, 6.45) is 0. The molecule has 1 amide bonds. The number of amides is 1. The van der Waals surface area contributed by atoms with Crippen molar-refractivity contribution in [2.24, 2.45) is 0 Å². The van der Waals surface area contributed by atoms with Crippen molar-refractivity contribution in [1.82, 2.24) is 0 Å². The second kappa shape index (κ2) is 6.46. The number of methoxy groups -OCH3 is 2. The molecule has 0 heterocycles. The van der Waals surface area contributed by atoms with Crippen LogP contribution >= 0.6 is 0 Å². The molecule has 1 aromatic rings. The van der Waals surface area contributed by atoms with Crippen LogP contribution in [-0.2, 0) is 14.3 Å². The highest BCUT2D eigenvalue weighted by atomic mass is 16.6. The number of nitro groups is 1. The number of carbonyl (C=O) groups excluding carboxylic acids is 3. The summed E-state index contributed by atoms with van der Waals surface area (Å²) in [5.74, 6) is -2.38. The minimum absolute atomic E-state index is 0.0830. The third kappa shape index (κ3) is 3.53. The quantitative estimate of drug-likeness (QED) is 0.501. The van der Waals surface area contributed by atoms with Crippen LogP contribution in [0.25, 0.3) is 0 Å². The fraction of sp³-hybridized carbons (Fsp3) is 0.250. The molecule has 0 aromatic heterocycles. The zero-order valence-electron chi connectivity index (χ0n) is 11.5. The van der Waals surface area contributed by atoms with E-state index in [1.165, 1.54) is 6.92 Å². The first kappa shape index (κ1) is 16.1. The van der Waals surface area contributed by atoms with Gasteiger partial charge in [-0.15, -0.1) is 0 Å². The van der Waals surface area contributed by atoms with Gasteiger partial charge < -0.3 is 14.8 Å². The first-order chi connectivity index (χ1) is 9.81. The fourth-order valence-corrected chi connectivity index (χ4v) is 1.58. The molecule has 0 spiro atoms. The number of hydrogen-bond donors (Lipinski definition) is 1. The molecule has 1 N–H and O–H groups in total. The Balaban J connectivity index is 3.60. The van der Waals surface area contributed by atoms with Crippen LogP contribution in [0.15, 0.2) is 12.1 Å². The monoisotopic (exact) mass is 296 g/mol. The molecule has 0 saturated heterocycles. The van der Waals surface area contributed by atoms with Crippen LogP contribution in [0.3, 0.4) is 0 Å². The molecule has 0 aliphatic heterocycles. The third-order valence-electron chi connectivity index (χ3n) is 2.45. The number of benzene rings is 1. The van der Waals surface area contributed by atoms with Gasteiger partial charge in [-0.05, 0) is 6.07 Å². The first-order valence-electron chi connectivity index (χ1n) is 5.58. The molecule has 112 valence electrons. The molecule has 21 heavy (non-hydrogen) atoms. The Labute approximate surface area is 119 Å². The Bertz CT molecular complexity index is 624. The molecule has 0 bridgehead atoms. The predicted molar refractivity (Wildman–Crippen MR) is 70.1 cm³/mol. The van der Waals surface area contributed by atoms with Gasteiger partial charge in [-0.25, -0.2) is 9.59 Å². The number of carbonyl (C=O) groups is 3. The van der Waals surface area contributed by atoms with E-state index in [0.29, 0.717) is 0 Å². The molecule has 0 aliphatic carbocycles. The highest BCUT2D eigenvalue weighted by Crippen LogP contribution is 2.28. The number of nitro benzene ring substituents is 1. The van der Waals surface area contributed by atoms with Gasteiger partial charge in [0.2, 0.25) is 5.91 Å². The van der Waals surface area contributed by atoms with Crippen molar-refractivity contribution in [1.29, 1.82) is 0 Å². The van der Waals surface area contributed by atoms with E-state index in [1.807, 2.05) is 0 Å². The van der Waals surface area contributed by atoms with Crippen LogP contribution in [0.5, 0.6) is 0 Å². The molecular weight excluding hydrogens is 284 g/mol. The zero-order chi connectivity index (χ0) is 16.2. The third-order valence-corrected chi connectivity index (χ3v) is 2.45. The van der Waals surface area contributed by atoms with Crippen LogP contribution in [0.1, 0.15) is 27.6 Å². The summed E-state index contributed by atoms with van der Waals surface area (Å²) in [4.78, 5) is 44.5.